The summed E-state index contributed by atoms with van der Waals surface area (Å²) in [5, 5.41) is 3.46. The van der Waals surface area contributed by atoms with Gasteiger partial charge in [-0.1, -0.05) is 36.4 Å². The van der Waals surface area contributed by atoms with Gasteiger partial charge >= 0.3 is 0 Å². The predicted octanol–water partition coefficient (Wildman–Crippen LogP) is 3.33. The Hall–Kier alpha value is -1.83. The van der Waals surface area contributed by atoms with E-state index in [1.807, 2.05) is 44.2 Å². The second kappa shape index (κ2) is 9.75. The highest BCUT2D eigenvalue weighted by atomic mass is 127. The van der Waals surface area contributed by atoms with Crippen LogP contribution in [0.1, 0.15) is 23.6 Å². The highest BCUT2D eigenvalue weighted by Crippen LogP contribution is 2.26. The number of anilines is 1. The normalized spacial score (nSPS) is 17.0. The van der Waals surface area contributed by atoms with Crippen LogP contribution in [-0.2, 0) is 6.54 Å². The Morgan fingerprint density at radius 3 is 2.65 bits per heavy atom. The summed E-state index contributed by atoms with van der Waals surface area (Å²) < 4.78 is 0. The fourth-order valence-corrected chi connectivity index (χ4v) is 3.27. The minimum Gasteiger partial charge on any atom is -0.363 e. The molecule has 6 heteroatoms. The molecule has 26 heavy (non-hydrogen) atoms. The summed E-state index contributed by atoms with van der Waals surface area (Å²) in [6, 6.07) is 16.9. The zero-order valence-electron chi connectivity index (χ0n) is 15.7. The van der Waals surface area contributed by atoms with Gasteiger partial charge in [-0.2, -0.15) is 0 Å². The van der Waals surface area contributed by atoms with E-state index in [0.29, 0.717) is 12.5 Å². The fourth-order valence-electron chi connectivity index (χ4n) is 3.27. The standard InChI is InChI=1S/C20H27N5.HI/c1-21-20(22-14-18-10-7-11-19(23-18)24(2)3)25-13-12-17(15-25)16-8-5-4-6-9-16;/h4-11,17H,12-15H2,1-3H3,(H,21,22);1H. The van der Waals surface area contributed by atoms with E-state index in [1.165, 1.54) is 12.0 Å². The van der Waals surface area contributed by atoms with Crippen molar-refractivity contribution in [1.29, 1.82) is 0 Å². The van der Waals surface area contributed by atoms with E-state index < -0.39 is 0 Å². The third kappa shape index (κ3) is 5.09. The summed E-state index contributed by atoms with van der Waals surface area (Å²) in [6.45, 7) is 2.72. The van der Waals surface area contributed by atoms with Crippen molar-refractivity contribution >= 4 is 35.8 Å². The molecule has 0 saturated carbocycles. The number of pyridine rings is 1. The average molecular weight is 465 g/mol. The van der Waals surface area contributed by atoms with Crippen LogP contribution in [0.3, 0.4) is 0 Å². The Labute approximate surface area is 173 Å². The van der Waals surface area contributed by atoms with Crippen molar-refractivity contribution in [2.75, 3.05) is 39.1 Å². The fraction of sp³-hybridized carbons (Fsp3) is 0.400. The van der Waals surface area contributed by atoms with Crippen LogP contribution in [0, 0.1) is 0 Å². The molecule has 2 heterocycles. The van der Waals surface area contributed by atoms with Crippen LogP contribution in [0.2, 0.25) is 0 Å². The number of benzene rings is 1. The van der Waals surface area contributed by atoms with E-state index in [0.717, 1.165) is 30.6 Å². The lowest BCUT2D eigenvalue weighted by Gasteiger charge is -2.22. The smallest absolute Gasteiger partial charge is 0.193 e. The molecule has 1 fully saturated rings. The van der Waals surface area contributed by atoms with E-state index in [2.05, 4.69) is 50.5 Å². The third-order valence-electron chi connectivity index (χ3n) is 4.65. The predicted molar refractivity (Wildman–Crippen MR) is 120 cm³/mol. The number of halogens is 1. The number of aromatic nitrogens is 1. The lowest BCUT2D eigenvalue weighted by Crippen LogP contribution is -2.39. The van der Waals surface area contributed by atoms with Crippen LogP contribution in [0.5, 0.6) is 0 Å². The Kier molecular flexibility index (Phi) is 7.68. The maximum Gasteiger partial charge on any atom is 0.193 e. The number of likely N-dealkylation sites (tertiary alicyclic amines) is 1. The monoisotopic (exact) mass is 465 g/mol. The molecule has 0 aliphatic carbocycles. The van der Waals surface area contributed by atoms with Gasteiger partial charge in [0.05, 0.1) is 12.2 Å². The minimum atomic E-state index is 0. The van der Waals surface area contributed by atoms with Crippen molar-refractivity contribution in [3.63, 3.8) is 0 Å². The summed E-state index contributed by atoms with van der Waals surface area (Å²) in [6.07, 6.45) is 1.17. The molecule has 1 atom stereocenters. The van der Waals surface area contributed by atoms with E-state index in [9.17, 15) is 0 Å². The molecule has 1 aliphatic rings. The van der Waals surface area contributed by atoms with Crippen molar-refractivity contribution in [2.45, 2.75) is 18.9 Å². The highest BCUT2D eigenvalue weighted by Gasteiger charge is 2.25. The van der Waals surface area contributed by atoms with Crippen molar-refractivity contribution in [2.24, 2.45) is 4.99 Å². The molecule has 1 saturated heterocycles. The quantitative estimate of drug-likeness (QED) is 0.428. The number of guanidine groups is 1. The molecule has 3 rings (SSSR count). The Bertz CT molecular complexity index is 717. The maximum absolute atomic E-state index is 4.66. The summed E-state index contributed by atoms with van der Waals surface area (Å²) in [5.41, 5.74) is 2.44. The molecule has 0 bridgehead atoms. The van der Waals surface area contributed by atoms with Crippen LogP contribution in [0.15, 0.2) is 53.5 Å². The Morgan fingerprint density at radius 2 is 1.96 bits per heavy atom. The molecule has 5 nitrogen and oxygen atoms in total. The highest BCUT2D eigenvalue weighted by molar-refractivity contribution is 14.0. The molecular formula is C20H28IN5. The van der Waals surface area contributed by atoms with Crippen LogP contribution >= 0.6 is 24.0 Å². The van der Waals surface area contributed by atoms with Gasteiger partial charge in [-0.05, 0) is 24.1 Å². The van der Waals surface area contributed by atoms with Gasteiger partial charge in [0.25, 0.3) is 0 Å². The summed E-state index contributed by atoms with van der Waals surface area (Å²) >= 11 is 0. The van der Waals surface area contributed by atoms with Crippen molar-refractivity contribution < 1.29 is 0 Å². The van der Waals surface area contributed by atoms with Gasteiger partial charge in [0.2, 0.25) is 0 Å². The molecule has 1 N–H and O–H groups in total. The second-order valence-corrected chi connectivity index (χ2v) is 6.62. The first-order valence-electron chi connectivity index (χ1n) is 8.81. The van der Waals surface area contributed by atoms with Crippen LogP contribution in [-0.4, -0.2) is 50.1 Å². The number of rotatable bonds is 4. The second-order valence-electron chi connectivity index (χ2n) is 6.62. The van der Waals surface area contributed by atoms with Gasteiger partial charge in [0, 0.05) is 40.2 Å². The molecule has 1 aromatic heterocycles. The molecule has 0 amide bonds. The van der Waals surface area contributed by atoms with Gasteiger partial charge in [-0.15, -0.1) is 24.0 Å². The molecule has 1 unspecified atom stereocenters. The number of hydrogen-bond donors (Lipinski definition) is 1. The minimum absolute atomic E-state index is 0. The first-order chi connectivity index (χ1) is 12.2. The van der Waals surface area contributed by atoms with E-state index in [4.69, 9.17) is 0 Å². The van der Waals surface area contributed by atoms with Crippen molar-refractivity contribution in [1.82, 2.24) is 15.2 Å². The number of aliphatic imine (C=N–C) groups is 1. The SMILES string of the molecule is CN=C(NCc1cccc(N(C)C)n1)N1CCC(c2ccccc2)C1.I. The first-order valence-corrected chi connectivity index (χ1v) is 8.81. The zero-order valence-corrected chi connectivity index (χ0v) is 18.1. The molecule has 0 radical (unpaired) electrons. The third-order valence-corrected chi connectivity index (χ3v) is 4.65. The Balaban J connectivity index is 0.00000243. The number of nitrogens with one attached hydrogen (secondary N) is 1. The molecule has 1 aliphatic heterocycles. The Morgan fingerprint density at radius 1 is 1.19 bits per heavy atom. The summed E-state index contributed by atoms with van der Waals surface area (Å²) in [7, 11) is 5.86. The van der Waals surface area contributed by atoms with E-state index in [-0.39, 0.29) is 24.0 Å². The molecule has 1 aromatic carbocycles. The van der Waals surface area contributed by atoms with Crippen molar-refractivity contribution in [3.05, 3.63) is 59.8 Å². The van der Waals surface area contributed by atoms with Gasteiger partial charge in [-0.3, -0.25) is 4.99 Å². The molecular weight excluding hydrogens is 437 g/mol. The first kappa shape index (κ1) is 20.5. The molecule has 2 aromatic rings. The van der Waals surface area contributed by atoms with Crippen LogP contribution < -0.4 is 10.2 Å². The zero-order chi connectivity index (χ0) is 17.6. The average Bonchev–Trinajstić information content (AvgIpc) is 3.13. The number of nitrogens with zero attached hydrogens (tertiary/aromatic N) is 4. The number of hydrogen-bond acceptors (Lipinski definition) is 3. The topological polar surface area (TPSA) is 43.8 Å². The van der Waals surface area contributed by atoms with E-state index in [1.54, 1.807) is 0 Å². The molecule has 140 valence electrons. The lowest BCUT2D eigenvalue weighted by molar-refractivity contribution is 0.485. The van der Waals surface area contributed by atoms with Gasteiger partial charge in [0.1, 0.15) is 5.82 Å². The van der Waals surface area contributed by atoms with Gasteiger partial charge in [0.15, 0.2) is 5.96 Å². The van der Waals surface area contributed by atoms with E-state index >= 15 is 0 Å². The molecule has 0 spiro atoms. The maximum atomic E-state index is 4.66. The van der Waals surface area contributed by atoms with Gasteiger partial charge < -0.3 is 15.1 Å². The van der Waals surface area contributed by atoms with Crippen LogP contribution in [0.4, 0.5) is 5.82 Å². The summed E-state index contributed by atoms with van der Waals surface area (Å²) in [5.74, 6) is 2.50. The lowest BCUT2D eigenvalue weighted by atomic mass is 9.99. The van der Waals surface area contributed by atoms with Crippen LogP contribution in [0.25, 0.3) is 0 Å². The van der Waals surface area contributed by atoms with Crippen molar-refractivity contribution in [3.8, 4) is 0 Å². The van der Waals surface area contributed by atoms with Gasteiger partial charge in [-0.25, -0.2) is 4.98 Å². The summed E-state index contributed by atoms with van der Waals surface area (Å²) in [4.78, 5) is 13.5. The largest absolute Gasteiger partial charge is 0.363 e.